The monoisotopic (exact) mass is 318 g/mol. The lowest BCUT2D eigenvalue weighted by Gasteiger charge is -2.10. The molecule has 0 bridgehead atoms. The second-order valence-electron chi connectivity index (χ2n) is 5.48. The van der Waals surface area contributed by atoms with E-state index in [0.29, 0.717) is 11.5 Å². The number of esters is 1. The van der Waals surface area contributed by atoms with Crippen molar-refractivity contribution in [1.29, 1.82) is 0 Å². The number of hydrogen-bond acceptors (Lipinski definition) is 5. The third-order valence-corrected chi connectivity index (χ3v) is 3.87. The Kier molecular flexibility index (Phi) is 3.46. The molecule has 5 heteroatoms. The van der Waals surface area contributed by atoms with Crippen molar-refractivity contribution in [3.63, 3.8) is 0 Å². The van der Waals surface area contributed by atoms with E-state index < -0.39 is 5.97 Å². The number of hydrogen-bond donors (Lipinski definition) is 0. The molecule has 0 aliphatic heterocycles. The maximum atomic E-state index is 12.7. The Bertz CT molecular complexity index is 999. The van der Waals surface area contributed by atoms with Crippen LogP contribution in [0.2, 0.25) is 0 Å². The second kappa shape index (κ2) is 5.77. The second-order valence-corrected chi connectivity index (χ2v) is 5.48. The van der Waals surface area contributed by atoms with Gasteiger partial charge in [-0.1, -0.05) is 48.5 Å². The first-order chi connectivity index (χ1) is 11.7. The molecule has 0 aliphatic rings. The van der Waals surface area contributed by atoms with Crippen LogP contribution in [0.4, 0.5) is 0 Å². The summed E-state index contributed by atoms with van der Waals surface area (Å²) < 4.78 is 10.7. The lowest BCUT2D eigenvalue weighted by molar-refractivity contribution is 0.0441. The Morgan fingerprint density at radius 3 is 2.21 bits per heavy atom. The third-order valence-electron chi connectivity index (χ3n) is 3.87. The van der Waals surface area contributed by atoms with E-state index in [1.165, 1.54) is 0 Å². The van der Waals surface area contributed by atoms with Crippen LogP contribution in [0.5, 0.6) is 0 Å². The quantitative estimate of drug-likeness (QED) is 0.421. The molecule has 0 aliphatic carbocycles. The summed E-state index contributed by atoms with van der Waals surface area (Å²) in [5.41, 5.74) is 0.555. The number of carbonyl (C=O) groups excluding carboxylic acids is 1. The van der Waals surface area contributed by atoms with Gasteiger partial charge in [0.2, 0.25) is 5.89 Å². The maximum Gasteiger partial charge on any atom is 0.339 e. The predicted octanol–water partition coefficient (Wildman–Crippen LogP) is 4.04. The SMILES string of the molecule is Cc1nnc(COC(=O)c2c3ccccc3cc3ccccc23)o1. The molecule has 0 N–H and O–H groups in total. The fraction of sp³-hybridized carbons (Fsp3) is 0.105. The molecular formula is C19H14N2O3. The minimum absolute atomic E-state index is 0.0444. The molecule has 3 aromatic carbocycles. The highest BCUT2D eigenvalue weighted by Gasteiger charge is 2.17. The van der Waals surface area contributed by atoms with Gasteiger partial charge in [-0.15, -0.1) is 10.2 Å². The van der Waals surface area contributed by atoms with Crippen LogP contribution in [0.1, 0.15) is 22.1 Å². The molecule has 0 atom stereocenters. The highest BCUT2D eigenvalue weighted by molar-refractivity contribution is 6.16. The van der Waals surface area contributed by atoms with Crippen LogP contribution in [-0.4, -0.2) is 16.2 Å². The number of fused-ring (bicyclic) bond motifs is 2. The molecule has 1 aromatic heterocycles. The van der Waals surface area contributed by atoms with Crippen LogP contribution in [0.15, 0.2) is 59.0 Å². The first-order valence-corrected chi connectivity index (χ1v) is 7.59. The van der Waals surface area contributed by atoms with Crippen LogP contribution in [0.3, 0.4) is 0 Å². The highest BCUT2D eigenvalue weighted by Crippen LogP contribution is 2.29. The molecule has 24 heavy (non-hydrogen) atoms. The number of aryl methyl sites for hydroxylation is 1. The van der Waals surface area contributed by atoms with Gasteiger partial charge in [0.25, 0.3) is 5.89 Å². The van der Waals surface area contributed by atoms with Crippen LogP contribution < -0.4 is 0 Å². The number of benzene rings is 3. The summed E-state index contributed by atoms with van der Waals surface area (Å²) in [4.78, 5) is 12.7. The Balaban J connectivity index is 1.79. The van der Waals surface area contributed by atoms with Gasteiger partial charge < -0.3 is 9.15 Å². The molecule has 118 valence electrons. The average Bonchev–Trinajstić information content (AvgIpc) is 3.03. The molecular weight excluding hydrogens is 304 g/mol. The summed E-state index contributed by atoms with van der Waals surface area (Å²) in [6, 6.07) is 17.6. The summed E-state index contributed by atoms with van der Waals surface area (Å²) >= 11 is 0. The summed E-state index contributed by atoms with van der Waals surface area (Å²) in [5, 5.41) is 11.3. The lowest BCUT2D eigenvalue weighted by atomic mass is 9.97. The molecule has 0 radical (unpaired) electrons. The first-order valence-electron chi connectivity index (χ1n) is 7.59. The topological polar surface area (TPSA) is 65.2 Å². The summed E-state index contributed by atoms with van der Waals surface area (Å²) in [6.45, 7) is 1.65. The Morgan fingerprint density at radius 1 is 1.00 bits per heavy atom. The number of ether oxygens (including phenoxy) is 1. The Morgan fingerprint density at radius 2 is 1.62 bits per heavy atom. The van der Waals surface area contributed by atoms with Gasteiger partial charge in [0.1, 0.15) is 0 Å². The van der Waals surface area contributed by atoms with E-state index in [-0.39, 0.29) is 12.5 Å². The van der Waals surface area contributed by atoms with Crippen molar-refractivity contribution in [1.82, 2.24) is 10.2 Å². The van der Waals surface area contributed by atoms with E-state index in [9.17, 15) is 4.79 Å². The number of aromatic nitrogens is 2. The van der Waals surface area contributed by atoms with Gasteiger partial charge in [0.15, 0.2) is 6.61 Å². The van der Waals surface area contributed by atoms with E-state index in [1.54, 1.807) is 6.92 Å². The van der Waals surface area contributed by atoms with E-state index in [0.717, 1.165) is 21.5 Å². The molecule has 0 saturated heterocycles. The minimum Gasteiger partial charge on any atom is -0.452 e. The predicted molar refractivity (Wildman–Crippen MR) is 89.6 cm³/mol. The van der Waals surface area contributed by atoms with Crippen molar-refractivity contribution in [2.45, 2.75) is 13.5 Å². The zero-order valence-electron chi connectivity index (χ0n) is 13.0. The van der Waals surface area contributed by atoms with Gasteiger partial charge in [0.05, 0.1) is 5.56 Å². The molecule has 0 unspecified atom stereocenters. The van der Waals surface area contributed by atoms with E-state index in [2.05, 4.69) is 16.3 Å². The van der Waals surface area contributed by atoms with Crippen LogP contribution in [-0.2, 0) is 11.3 Å². The number of carbonyl (C=O) groups is 1. The number of rotatable bonds is 3. The van der Waals surface area contributed by atoms with Gasteiger partial charge in [0, 0.05) is 6.92 Å². The van der Waals surface area contributed by atoms with Gasteiger partial charge >= 0.3 is 5.97 Å². The third kappa shape index (κ3) is 2.50. The van der Waals surface area contributed by atoms with Crippen LogP contribution >= 0.6 is 0 Å². The smallest absolute Gasteiger partial charge is 0.339 e. The summed E-state index contributed by atoms with van der Waals surface area (Å²) in [6.07, 6.45) is 0. The van der Waals surface area contributed by atoms with Crippen molar-refractivity contribution in [3.8, 4) is 0 Å². The molecule has 0 saturated carbocycles. The standard InChI is InChI=1S/C19H14N2O3/c1-12-20-21-17(24-12)11-23-19(22)18-15-8-4-2-6-13(15)10-14-7-3-5-9-16(14)18/h2-10H,11H2,1H3. The molecule has 5 nitrogen and oxygen atoms in total. The average molecular weight is 318 g/mol. The molecule has 0 spiro atoms. The highest BCUT2D eigenvalue weighted by atomic mass is 16.5. The van der Waals surface area contributed by atoms with Gasteiger partial charge in [-0.2, -0.15) is 0 Å². The zero-order chi connectivity index (χ0) is 16.5. The molecule has 4 rings (SSSR count). The fourth-order valence-corrected chi connectivity index (χ4v) is 2.83. The molecule has 4 aromatic rings. The van der Waals surface area contributed by atoms with E-state index in [1.807, 2.05) is 48.5 Å². The minimum atomic E-state index is -0.404. The Labute approximate surface area is 137 Å². The lowest BCUT2D eigenvalue weighted by Crippen LogP contribution is -2.07. The summed E-state index contributed by atoms with van der Waals surface area (Å²) in [5.74, 6) is 0.320. The Hall–Kier alpha value is -3.21. The van der Waals surface area contributed by atoms with Crippen LogP contribution in [0, 0.1) is 6.92 Å². The number of nitrogens with zero attached hydrogens (tertiary/aromatic N) is 2. The van der Waals surface area contributed by atoms with E-state index >= 15 is 0 Å². The first kappa shape index (κ1) is 14.4. The van der Waals surface area contributed by atoms with Crippen molar-refractivity contribution in [2.24, 2.45) is 0 Å². The van der Waals surface area contributed by atoms with Gasteiger partial charge in [-0.05, 0) is 27.6 Å². The van der Waals surface area contributed by atoms with Crippen molar-refractivity contribution in [3.05, 3.63) is 71.9 Å². The largest absolute Gasteiger partial charge is 0.452 e. The van der Waals surface area contributed by atoms with Crippen molar-refractivity contribution >= 4 is 27.5 Å². The van der Waals surface area contributed by atoms with Crippen LogP contribution in [0.25, 0.3) is 21.5 Å². The summed E-state index contributed by atoms with van der Waals surface area (Å²) in [7, 11) is 0. The maximum absolute atomic E-state index is 12.7. The molecule has 0 amide bonds. The normalized spacial score (nSPS) is 11.0. The zero-order valence-corrected chi connectivity index (χ0v) is 13.0. The fourth-order valence-electron chi connectivity index (χ4n) is 2.83. The van der Waals surface area contributed by atoms with E-state index in [4.69, 9.17) is 9.15 Å². The van der Waals surface area contributed by atoms with Gasteiger partial charge in [-0.3, -0.25) is 0 Å². The molecule has 1 heterocycles. The van der Waals surface area contributed by atoms with Crippen molar-refractivity contribution in [2.75, 3.05) is 0 Å². The van der Waals surface area contributed by atoms with Gasteiger partial charge in [-0.25, -0.2) is 4.79 Å². The molecule has 0 fully saturated rings. The van der Waals surface area contributed by atoms with Crippen molar-refractivity contribution < 1.29 is 13.9 Å².